The highest BCUT2D eigenvalue weighted by atomic mass is 16.5. The first-order valence-corrected chi connectivity index (χ1v) is 9.20. The zero-order chi connectivity index (χ0) is 18.8. The van der Waals surface area contributed by atoms with E-state index in [0.717, 1.165) is 29.8 Å². The minimum atomic E-state index is -0.00690. The lowest BCUT2D eigenvalue weighted by molar-refractivity contribution is 0.0756. The van der Waals surface area contributed by atoms with Crippen LogP contribution in [0.25, 0.3) is 11.3 Å². The van der Waals surface area contributed by atoms with Crippen molar-refractivity contribution in [1.29, 1.82) is 0 Å². The molecular weight excluding hydrogens is 338 g/mol. The van der Waals surface area contributed by atoms with Crippen LogP contribution in [0.2, 0.25) is 0 Å². The zero-order valence-corrected chi connectivity index (χ0v) is 15.7. The van der Waals surface area contributed by atoms with E-state index in [1.807, 2.05) is 54.4 Å². The summed E-state index contributed by atoms with van der Waals surface area (Å²) in [6.45, 7) is 1.39. The Morgan fingerprint density at radius 2 is 1.74 bits per heavy atom. The summed E-state index contributed by atoms with van der Waals surface area (Å²) >= 11 is 0. The average Bonchev–Trinajstić information content (AvgIpc) is 2.97. The molecular formula is C22H23N3O2. The van der Waals surface area contributed by atoms with Gasteiger partial charge in [0.15, 0.2) is 5.69 Å². The smallest absolute Gasteiger partial charge is 0.274 e. The summed E-state index contributed by atoms with van der Waals surface area (Å²) in [6.07, 6.45) is 1.68. The van der Waals surface area contributed by atoms with E-state index in [2.05, 4.69) is 17.2 Å². The first-order chi connectivity index (χ1) is 13.2. The minimum absolute atomic E-state index is 0.00690. The molecule has 0 fully saturated rings. The molecule has 0 saturated carbocycles. The molecule has 27 heavy (non-hydrogen) atoms. The van der Waals surface area contributed by atoms with Gasteiger partial charge in [0.05, 0.1) is 12.8 Å². The Kier molecular flexibility index (Phi) is 4.67. The van der Waals surface area contributed by atoms with Gasteiger partial charge in [-0.15, -0.1) is 0 Å². The fourth-order valence-corrected chi connectivity index (χ4v) is 3.64. The quantitative estimate of drug-likeness (QED) is 0.719. The summed E-state index contributed by atoms with van der Waals surface area (Å²) < 4.78 is 7.11. The van der Waals surface area contributed by atoms with E-state index in [-0.39, 0.29) is 5.91 Å². The van der Waals surface area contributed by atoms with Crippen LogP contribution in [-0.2, 0) is 19.9 Å². The molecule has 2 heterocycles. The second kappa shape index (κ2) is 7.27. The van der Waals surface area contributed by atoms with Crippen molar-refractivity contribution in [2.24, 2.45) is 7.05 Å². The molecule has 5 nitrogen and oxygen atoms in total. The number of nitrogens with zero attached hydrogens (tertiary/aromatic N) is 3. The van der Waals surface area contributed by atoms with E-state index >= 15 is 0 Å². The van der Waals surface area contributed by atoms with E-state index in [1.165, 1.54) is 11.1 Å². The summed E-state index contributed by atoms with van der Waals surface area (Å²) in [5.74, 6) is 0.860. The Hall–Kier alpha value is -3.08. The normalized spacial score (nSPS) is 13.8. The highest BCUT2D eigenvalue weighted by Crippen LogP contribution is 2.24. The lowest BCUT2D eigenvalue weighted by atomic mass is 10.0. The number of hydrogen-bond acceptors (Lipinski definition) is 3. The molecule has 3 aromatic rings. The van der Waals surface area contributed by atoms with Crippen molar-refractivity contribution < 1.29 is 9.53 Å². The molecule has 1 aliphatic rings. The molecule has 1 aromatic heterocycles. The number of aromatic nitrogens is 2. The van der Waals surface area contributed by atoms with Gasteiger partial charge in [-0.1, -0.05) is 36.4 Å². The van der Waals surface area contributed by atoms with Crippen molar-refractivity contribution in [2.75, 3.05) is 20.2 Å². The number of methoxy groups -OCH3 is 1. The molecule has 0 bridgehead atoms. The van der Waals surface area contributed by atoms with Gasteiger partial charge in [-0.25, -0.2) is 0 Å². The van der Waals surface area contributed by atoms with Crippen LogP contribution < -0.4 is 4.74 Å². The second-order valence-electron chi connectivity index (χ2n) is 6.83. The van der Waals surface area contributed by atoms with Gasteiger partial charge in [0.2, 0.25) is 0 Å². The molecule has 0 saturated heterocycles. The van der Waals surface area contributed by atoms with Crippen LogP contribution in [0.4, 0.5) is 0 Å². The molecule has 0 unspecified atom stereocenters. The summed E-state index contributed by atoms with van der Waals surface area (Å²) in [4.78, 5) is 15.0. The van der Waals surface area contributed by atoms with Crippen molar-refractivity contribution in [3.05, 3.63) is 71.4 Å². The van der Waals surface area contributed by atoms with E-state index in [9.17, 15) is 4.79 Å². The van der Waals surface area contributed by atoms with Crippen molar-refractivity contribution in [3.8, 4) is 17.0 Å². The van der Waals surface area contributed by atoms with E-state index in [1.54, 1.807) is 11.8 Å². The lowest BCUT2D eigenvalue weighted by Crippen LogP contribution is -2.33. The van der Waals surface area contributed by atoms with E-state index < -0.39 is 0 Å². The number of ether oxygens (including phenoxy) is 1. The Morgan fingerprint density at radius 1 is 1.00 bits per heavy atom. The van der Waals surface area contributed by atoms with Gasteiger partial charge in [-0.2, -0.15) is 5.10 Å². The highest BCUT2D eigenvalue weighted by Gasteiger charge is 2.23. The molecule has 1 amide bonds. The minimum Gasteiger partial charge on any atom is -0.497 e. The SMILES string of the molecule is COc1ccc2c(c1)CCN(C(=O)c1cc(-c3ccccc3)n(C)n1)CC2. The van der Waals surface area contributed by atoms with Crippen molar-refractivity contribution in [2.45, 2.75) is 12.8 Å². The molecule has 0 N–H and O–H groups in total. The van der Waals surface area contributed by atoms with Crippen molar-refractivity contribution in [1.82, 2.24) is 14.7 Å². The molecule has 2 aromatic carbocycles. The van der Waals surface area contributed by atoms with Gasteiger partial charge in [-0.3, -0.25) is 9.48 Å². The van der Waals surface area contributed by atoms with Crippen molar-refractivity contribution >= 4 is 5.91 Å². The van der Waals surface area contributed by atoms with Crippen LogP contribution in [0, 0.1) is 0 Å². The molecule has 0 atom stereocenters. The van der Waals surface area contributed by atoms with Gasteiger partial charge < -0.3 is 9.64 Å². The number of carbonyl (C=O) groups is 1. The van der Waals surface area contributed by atoms with Gasteiger partial charge in [0, 0.05) is 20.1 Å². The maximum atomic E-state index is 13.0. The average molecular weight is 361 g/mol. The third-order valence-electron chi connectivity index (χ3n) is 5.17. The summed E-state index contributed by atoms with van der Waals surface area (Å²) in [5, 5.41) is 4.47. The van der Waals surface area contributed by atoms with Crippen LogP contribution >= 0.6 is 0 Å². The number of rotatable bonds is 3. The summed E-state index contributed by atoms with van der Waals surface area (Å²) in [6, 6.07) is 18.1. The third kappa shape index (κ3) is 3.45. The predicted octanol–water partition coefficient (Wildman–Crippen LogP) is 3.34. The van der Waals surface area contributed by atoms with Crippen LogP contribution in [0.1, 0.15) is 21.6 Å². The van der Waals surface area contributed by atoms with Crippen LogP contribution in [0.3, 0.4) is 0 Å². The largest absolute Gasteiger partial charge is 0.497 e. The molecule has 5 heteroatoms. The molecule has 0 spiro atoms. The molecule has 0 radical (unpaired) electrons. The maximum Gasteiger partial charge on any atom is 0.274 e. The highest BCUT2D eigenvalue weighted by molar-refractivity contribution is 5.93. The summed E-state index contributed by atoms with van der Waals surface area (Å²) in [5.41, 5.74) is 5.05. The van der Waals surface area contributed by atoms with Gasteiger partial charge in [0.1, 0.15) is 5.75 Å². The van der Waals surface area contributed by atoms with E-state index in [0.29, 0.717) is 18.8 Å². The number of aryl methyl sites for hydroxylation is 1. The Balaban J connectivity index is 1.54. The number of hydrogen-bond donors (Lipinski definition) is 0. The van der Waals surface area contributed by atoms with Crippen LogP contribution in [0.5, 0.6) is 5.75 Å². The molecule has 4 rings (SSSR count). The fourth-order valence-electron chi connectivity index (χ4n) is 3.64. The molecule has 1 aliphatic heterocycles. The predicted molar refractivity (Wildman–Crippen MR) is 105 cm³/mol. The standard InChI is InChI=1S/C22H23N3O2/c1-24-21(17-6-4-3-5-7-17)15-20(23-24)22(26)25-12-10-16-8-9-19(27-2)14-18(16)11-13-25/h3-9,14-15H,10-13H2,1-2H3. The first kappa shape index (κ1) is 17.3. The fraction of sp³-hybridized carbons (Fsp3) is 0.273. The Labute approximate surface area is 159 Å². The maximum absolute atomic E-state index is 13.0. The number of amides is 1. The zero-order valence-electron chi connectivity index (χ0n) is 15.7. The number of benzene rings is 2. The number of carbonyl (C=O) groups excluding carboxylic acids is 1. The topological polar surface area (TPSA) is 47.4 Å². The Morgan fingerprint density at radius 3 is 2.48 bits per heavy atom. The monoisotopic (exact) mass is 361 g/mol. The van der Waals surface area contributed by atoms with Crippen LogP contribution in [-0.4, -0.2) is 40.8 Å². The van der Waals surface area contributed by atoms with Gasteiger partial charge in [0.25, 0.3) is 5.91 Å². The second-order valence-corrected chi connectivity index (χ2v) is 6.83. The van der Waals surface area contributed by atoms with Gasteiger partial charge >= 0.3 is 0 Å². The van der Waals surface area contributed by atoms with Crippen LogP contribution in [0.15, 0.2) is 54.6 Å². The van der Waals surface area contributed by atoms with Crippen molar-refractivity contribution in [3.63, 3.8) is 0 Å². The first-order valence-electron chi connectivity index (χ1n) is 9.20. The summed E-state index contributed by atoms with van der Waals surface area (Å²) in [7, 11) is 3.56. The lowest BCUT2D eigenvalue weighted by Gasteiger charge is -2.18. The Bertz CT molecular complexity index is 963. The van der Waals surface area contributed by atoms with E-state index in [4.69, 9.17) is 4.74 Å². The molecule has 138 valence electrons. The van der Waals surface area contributed by atoms with Gasteiger partial charge in [-0.05, 0) is 47.7 Å². The molecule has 0 aliphatic carbocycles. The number of fused-ring (bicyclic) bond motifs is 1. The third-order valence-corrected chi connectivity index (χ3v) is 5.17.